The molecule has 0 unspecified atom stereocenters. The van der Waals surface area contributed by atoms with Gasteiger partial charge in [0.05, 0.1) is 35.9 Å². The summed E-state index contributed by atoms with van der Waals surface area (Å²) in [6.07, 6.45) is 2.42. The van der Waals surface area contributed by atoms with Crippen LogP contribution in [0.3, 0.4) is 0 Å². The lowest BCUT2D eigenvalue weighted by molar-refractivity contribution is 0.102. The van der Waals surface area contributed by atoms with Gasteiger partial charge in [-0.2, -0.15) is 5.10 Å². The Morgan fingerprint density at radius 1 is 1.28 bits per heavy atom. The number of rotatable bonds is 5. The summed E-state index contributed by atoms with van der Waals surface area (Å²) in [6.45, 7) is 6.55. The maximum atomic E-state index is 12.7. The molecule has 3 aromatic rings. The van der Waals surface area contributed by atoms with Gasteiger partial charge in [-0.05, 0) is 32.4 Å². The number of hydrogen-bond acceptors (Lipinski definition) is 5. The molecule has 25 heavy (non-hydrogen) atoms. The zero-order valence-electron chi connectivity index (χ0n) is 14.8. The number of ether oxygens (including phenoxy) is 1. The zero-order valence-corrected chi connectivity index (χ0v) is 14.8. The number of nitrogens with one attached hydrogen (secondary N) is 1. The minimum atomic E-state index is -0.210. The molecule has 0 radical (unpaired) electrons. The number of methoxy groups -OCH3 is 1. The standard InChI is InChI=1S/C18H21N5O2/c1-5-14-15(7-8-16(21-14)25-4)22-18(24)13-9-12-10-19-23(6-2)17(12)20-11(13)3/h7-10H,5-6H2,1-4H3,(H,22,24). The Kier molecular flexibility index (Phi) is 4.65. The van der Waals surface area contributed by atoms with Crippen molar-refractivity contribution in [2.45, 2.75) is 33.7 Å². The molecule has 0 aromatic carbocycles. The van der Waals surface area contributed by atoms with Crippen molar-refractivity contribution >= 4 is 22.6 Å². The zero-order chi connectivity index (χ0) is 18.0. The quantitative estimate of drug-likeness (QED) is 0.773. The molecule has 0 bridgehead atoms. The molecule has 130 valence electrons. The third-order valence-corrected chi connectivity index (χ3v) is 4.09. The van der Waals surface area contributed by atoms with Crippen LogP contribution in [0.1, 0.15) is 35.6 Å². The monoisotopic (exact) mass is 339 g/mol. The van der Waals surface area contributed by atoms with E-state index < -0.39 is 0 Å². The SMILES string of the molecule is CCc1nc(OC)ccc1NC(=O)c1cc2cnn(CC)c2nc1C. The number of pyridine rings is 2. The Balaban J connectivity index is 1.93. The summed E-state index contributed by atoms with van der Waals surface area (Å²) in [5, 5.41) is 8.06. The van der Waals surface area contributed by atoms with Crippen molar-refractivity contribution in [2.75, 3.05) is 12.4 Å². The van der Waals surface area contributed by atoms with Crippen LogP contribution < -0.4 is 10.1 Å². The largest absolute Gasteiger partial charge is 0.481 e. The van der Waals surface area contributed by atoms with Crippen LogP contribution in [0.25, 0.3) is 11.0 Å². The summed E-state index contributed by atoms with van der Waals surface area (Å²) in [5.41, 5.74) is 3.44. The molecule has 3 aromatic heterocycles. The van der Waals surface area contributed by atoms with Crippen LogP contribution in [-0.2, 0) is 13.0 Å². The van der Waals surface area contributed by atoms with Gasteiger partial charge < -0.3 is 10.1 Å². The van der Waals surface area contributed by atoms with E-state index in [1.54, 1.807) is 25.4 Å². The van der Waals surface area contributed by atoms with Gasteiger partial charge in [0.25, 0.3) is 5.91 Å². The molecule has 0 spiro atoms. The molecule has 0 aliphatic heterocycles. The fraction of sp³-hybridized carbons (Fsp3) is 0.333. The smallest absolute Gasteiger partial charge is 0.257 e. The average molecular weight is 339 g/mol. The summed E-state index contributed by atoms with van der Waals surface area (Å²) >= 11 is 0. The number of anilines is 1. The average Bonchev–Trinajstić information content (AvgIpc) is 3.03. The van der Waals surface area contributed by atoms with Crippen LogP contribution in [0.4, 0.5) is 5.69 Å². The highest BCUT2D eigenvalue weighted by Gasteiger charge is 2.16. The van der Waals surface area contributed by atoms with Crippen LogP contribution in [0.5, 0.6) is 5.88 Å². The molecule has 3 rings (SSSR count). The van der Waals surface area contributed by atoms with E-state index in [2.05, 4.69) is 20.4 Å². The summed E-state index contributed by atoms with van der Waals surface area (Å²) in [4.78, 5) is 21.7. The van der Waals surface area contributed by atoms with Gasteiger partial charge >= 0.3 is 0 Å². The normalized spacial score (nSPS) is 10.9. The van der Waals surface area contributed by atoms with Gasteiger partial charge in [-0.1, -0.05) is 6.92 Å². The second-order valence-electron chi connectivity index (χ2n) is 5.65. The lowest BCUT2D eigenvalue weighted by Gasteiger charge is -2.12. The first kappa shape index (κ1) is 16.9. The van der Waals surface area contributed by atoms with Crippen LogP contribution in [0.2, 0.25) is 0 Å². The van der Waals surface area contributed by atoms with Gasteiger partial charge in [0.1, 0.15) is 0 Å². The number of fused-ring (bicyclic) bond motifs is 1. The first-order valence-corrected chi connectivity index (χ1v) is 8.25. The van der Waals surface area contributed by atoms with E-state index in [9.17, 15) is 4.79 Å². The van der Waals surface area contributed by atoms with E-state index in [1.165, 1.54) is 0 Å². The van der Waals surface area contributed by atoms with Crippen LogP contribution >= 0.6 is 0 Å². The van der Waals surface area contributed by atoms with Gasteiger partial charge in [0, 0.05) is 18.0 Å². The van der Waals surface area contributed by atoms with Crippen molar-refractivity contribution in [3.63, 3.8) is 0 Å². The molecule has 3 heterocycles. The van der Waals surface area contributed by atoms with Gasteiger partial charge in [0.15, 0.2) is 5.65 Å². The first-order valence-electron chi connectivity index (χ1n) is 8.25. The van der Waals surface area contributed by atoms with Crippen molar-refractivity contribution in [1.29, 1.82) is 0 Å². The maximum Gasteiger partial charge on any atom is 0.257 e. The first-order chi connectivity index (χ1) is 12.1. The van der Waals surface area contributed by atoms with Crippen molar-refractivity contribution in [1.82, 2.24) is 19.7 Å². The fourth-order valence-corrected chi connectivity index (χ4v) is 2.73. The molecule has 7 heteroatoms. The van der Waals surface area contributed by atoms with E-state index in [4.69, 9.17) is 4.74 Å². The van der Waals surface area contributed by atoms with Gasteiger partial charge in [-0.15, -0.1) is 0 Å². The van der Waals surface area contributed by atoms with Crippen molar-refractivity contribution < 1.29 is 9.53 Å². The van der Waals surface area contributed by atoms with Crippen LogP contribution in [0, 0.1) is 6.92 Å². The van der Waals surface area contributed by atoms with E-state index in [1.807, 2.05) is 31.5 Å². The number of carbonyl (C=O) groups excluding carboxylic acids is 1. The van der Waals surface area contributed by atoms with Crippen LogP contribution in [0.15, 0.2) is 24.4 Å². The molecule has 0 aliphatic rings. The Labute approximate surface area is 146 Å². The molecule has 0 fully saturated rings. The Morgan fingerprint density at radius 2 is 2.08 bits per heavy atom. The highest BCUT2D eigenvalue weighted by Crippen LogP contribution is 2.21. The Morgan fingerprint density at radius 3 is 2.76 bits per heavy atom. The molecule has 7 nitrogen and oxygen atoms in total. The third kappa shape index (κ3) is 3.17. The number of carbonyl (C=O) groups is 1. The summed E-state index contributed by atoms with van der Waals surface area (Å²) < 4.78 is 6.95. The van der Waals surface area contributed by atoms with Gasteiger partial charge in [-0.3, -0.25) is 4.79 Å². The highest BCUT2D eigenvalue weighted by molar-refractivity contribution is 6.06. The molecular weight excluding hydrogens is 318 g/mol. The van der Waals surface area contributed by atoms with E-state index >= 15 is 0 Å². The van der Waals surface area contributed by atoms with E-state index in [0.717, 1.165) is 23.3 Å². The van der Waals surface area contributed by atoms with Gasteiger partial charge in [0.2, 0.25) is 5.88 Å². The Hall–Kier alpha value is -2.96. The predicted octanol–water partition coefficient (Wildman–Crippen LogP) is 2.98. The van der Waals surface area contributed by atoms with E-state index in [0.29, 0.717) is 29.2 Å². The topological polar surface area (TPSA) is 81.9 Å². The fourth-order valence-electron chi connectivity index (χ4n) is 2.73. The molecule has 0 atom stereocenters. The molecule has 0 saturated carbocycles. The van der Waals surface area contributed by atoms with Crippen molar-refractivity contribution in [3.05, 3.63) is 41.3 Å². The van der Waals surface area contributed by atoms with Gasteiger partial charge in [-0.25, -0.2) is 14.6 Å². The summed E-state index contributed by atoms with van der Waals surface area (Å²) in [6, 6.07) is 5.36. The van der Waals surface area contributed by atoms with Crippen molar-refractivity contribution in [2.24, 2.45) is 0 Å². The molecule has 0 aliphatic carbocycles. The second-order valence-corrected chi connectivity index (χ2v) is 5.65. The van der Waals surface area contributed by atoms with Crippen molar-refractivity contribution in [3.8, 4) is 5.88 Å². The number of nitrogens with zero attached hydrogens (tertiary/aromatic N) is 4. The molecule has 0 saturated heterocycles. The number of aromatic nitrogens is 4. The lowest BCUT2D eigenvalue weighted by Crippen LogP contribution is -2.16. The second kappa shape index (κ2) is 6.88. The Bertz CT molecular complexity index is 933. The number of aryl methyl sites for hydroxylation is 3. The predicted molar refractivity (Wildman–Crippen MR) is 96.1 cm³/mol. The van der Waals surface area contributed by atoms with E-state index in [-0.39, 0.29) is 5.91 Å². The lowest BCUT2D eigenvalue weighted by atomic mass is 10.1. The highest BCUT2D eigenvalue weighted by atomic mass is 16.5. The maximum absolute atomic E-state index is 12.7. The summed E-state index contributed by atoms with van der Waals surface area (Å²) in [5.74, 6) is 0.318. The summed E-state index contributed by atoms with van der Waals surface area (Å²) in [7, 11) is 1.57. The molecular formula is C18H21N5O2. The minimum Gasteiger partial charge on any atom is -0.481 e. The number of amides is 1. The van der Waals surface area contributed by atoms with Crippen LogP contribution in [-0.4, -0.2) is 32.8 Å². The number of hydrogen-bond donors (Lipinski definition) is 1. The third-order valence-electron chi connectivity index (χ3n) is 4.09. The minimum absolute atomic E-state index is 0.210. The molecule has 1 amide bonds. The molecule has 1 N–H and O–H groups in total.